The number of anilines is 1. The summed E-state index contributed by atoms with van der Waals surface area (Å²) in [6.07, 6.45) is 7.61. The minimum Gasteiger partial charge on any atom is -0.370 e. The van der Waals surface area contributed by atoms with E-state index in [1.54, 1.807) is 12.3 Å². The quantitative estimate of drug-likeness (QED) is 0.621. The smallest absolute Gasteiger partial charge is 0.154 e. The van der Waals surface area contributed by atoms with Gasteiger partial charge in [0, 0.05) is 24.0 Å². The second-order valence-electron chi connectivity index (χ2n) is 3.89. The molecule has 0 aromatic carbocycles. The fraction of sp³-hybridized carbons (Fsp3) is 0.600. The molecule has 1 N–H and O–H groups in total. The summed E-state index contributed by atoms with van der Waals surface area (Å²) in [5.41, 5.74) is -0.950. The first-order valence-corrected chi connectivity index (χ1v) is 5.51. The zero-order valence-corrected chi connectivity index (χ0v) is 9.19. The van der Waals surface area contributed by atoms with Gasteiger partial charge in [0.25, 0.3) is 0 Å². The van der Waals surface area contributed by atoms with Crippen LogP contribution in [0.1, 0.15) is 32.1 Å². The maximum absolute atomic E-state index is 10.3. The average molecular weight is 228 g/mol. The van der Waals surface area contributed by atoms with Crippen LogP contribution in [0.3, 0.4) is 0 Å². The van der Waals surface area contributed by atoms with Crippen molar-refractivity contribution in [2.24, 2.45) is 0 Å². The molecule has 0 atom stereocenters. The molecular formula is C10H14ClN3O. The fourth-order valence-corrected chi connectivity index (χ4v) is 2.20. The van der Waals surface area contributed by atoms with Crippen LogP contribution in [0, 0.1) is 0 Å². The van der Waals surface area contributed by atoms with Crippen molar-refractivity contribution in [1.82, 2.24) is 9.97 Å². The van der Waals surface area contributed by atoms with Gasteiger partial charge in [0.15, 0.2) is 5.72 Å². The molecule has 1 aromatic rings. The molecular weight excluding hydrogens is 214 g/mol. The zero-order valence-electron chi connectivity index (χ0n) is 8.43. The minimum absolute atomic E-state index is 0.552. The third-order valence-electron chi connectivity index (χ3n) is 2.79. The minimum atomic E-state index is -0.950. The van der Waals surface area contributed by atoms with E-state index in [9.17, 15) is 5.11 Å². The van der Waals surface area contributed by atoms with Gasteiger partial charge in [-0.1, -0.05) is 6.42 Å². The van der Waals surface area contributed by atoms with Gasteiger partial charge in [0.1, 0.15) is 12.1 Å². The van der Waals surface area contributed by atoms with Gasteiger partial charge in [-0.3, -0.25) is 0 Å². The highest BCUT2D eigenvalue weighted by Crippen LogP contribution is 2.34. The second-order valence-corrected chi connectivity index (χ2v) is 4.23. The van der Waals surface area contributed by atoms with Gasteiger partial charge >= 0.3 is 0 Å². The van der Waals surface area contributed by atoms with E-state index in [0.29, 0.717) is 18.7 Å². The van der Waals surface area contributed by atoms with Crippen molar-refractivity contribution >= 4 is 17.6 Å². The van der Waals surface area contributed by atoms with E-state index in [1.807, 2.05) is 0 Å². The standard InChI is InChI=1S/C10H14ClN3O/c11-14(9-4-7-12-8-13-9)10(15)5-2-1-3-6-10/h4,7-8,15H,1-3,5-6H2. The molecule has 0 aliphatic heterocycles. The molecule has 0 saturated heterocycles. The normalized spacial score (nSPS) is 19.9. The van der Waals surface area contributed by atoms with Crippen LogP contribution in [0.2, 0.25) is 0 Å². The Balaban J connectivity index is 2.16. The Bertz CT molecular complexity index is 314. The van der Waals surface area contributed by atoms with E-state index in [1.165, 1.54) is 10.7 Å². The van der Waals surface area contributed by atoms with Crippen LogP contribution in [0.4, 0.5) is 5.82 Å². The summed E-state index contributed by atoms with van der Waals surface area (Å²) in [4.78, 5) is 7.84. The zero-order chi connectivity index (χ0) is 10.7. The largest absolute Gasteiger partial charge is 0.370 e. The van der Waals surface area contributed by atoms with E-state index in [4.69, 9.17) is 11.8 Å². The lowest BCUT2D eigenvalue weighted by Crippen LogP contribution is -2.45. The van der Waals surface area contributed by atoms with Crippen LogP contribution in [0.5, 0.6) is 0 Å². The van der Waals surface area contributed by atoms with Gasteiger partial charge in [-0.05, 0) is 25.7 Å². The molecule has 1 fully saturated rings. The Morgan fingerprint density at radius 2 is 2.07 bits per heavy atom. The number of aliphatic hydroxyl groups is 1. The Morgan fingerprint density at radius 3 is 2.67 bits per heavy atom. The summed E-state index contributed by atoms with van der Waals surface area (Å²) in [5.74, 6) is 0.552. The van der Waals surface area contributed by atoms with E-state index >= 15 is 0 Å². The fourth-order valence-electron chi connectivity index (χ4n) is 1.93. The number of halogens is 1. The van der Waals surface area contributed by atoms with Crippen molar-refractivity contribution in [3.63, 3.8) is 0 Å². The molecule has 5 heteroatoms. The topological polar surface area (TPSA) is 49.2 Å². The second kappa shape index (κ2) is 4.33. The molecule has 0 amide bonds. The molecule has 15 heavy (non-hydrogen) atoms. The Kier molecular flexibility index (Phi) is 3.07. The molecule has 2 rings (SSSR count). The first-order valence-electron chi connectivity index (χ1n) is 5.17. The number of hydrogen-bond donors (Lipinski definition) is 1. The molecule has 1 aromatic heterocycles. The molecule has 1 aliphatic carbocycles. The Hall–Kier alpha value is -0.870. The van der Waals surface area contributed by atoms with Gasteiger partial charge in [-0.15, -0.1) is 0 Å². The number of aromatic nitrogens is 2. The monoisotopic (exact) mass is 227 g/mol. The molecule has 0 unspecified atom stereocenters. The van der Waals surface area contributed by atoms with Crippen LogP contribution in [0.15, 0.2) is 18.6 Å². The summed E-state index contributed by atoms with van der Waals surface area (Å²) in [7, 11) is 0. The Labute approximate surface area is 94.0 Å². The first kappa shape index (κ1) is 10.6. The van der Waals surface area contributed by atoms with Crippen molar-refractivity contribution in [3.8, 4) is 0 Å². The molecule has 4 nitrogen and oxygen atoms in total. The lowest BCUT2D eigenvalue weighted by Gasteiger charge is -2.38. The average Bonchev–Trinajstić information content (AvgIpc) is 2.30. The highest BCUT2D eigenvalue weighted by Gasteiger charge is 2.36. The van der Waals surface area contributed by atoms with Crippen LogP contribution in [-0.2, 0) is 0 Å². The van der Waals surface area contributed by atoms with E-state index < -0.39 is 5.72 Å². The third-order valence-corrected chi connectivity index (χ3v) is 3.28. The predicted octanol–water partition coefficient (Wildman–Crippen LogP) is 2.09. The summed E-state index contributed by atoms with van der Waals surface area (Å²) in [6.45, 7) is 0. The predicted molar refractivity (Wildman–Crippen MR) is 58.4 cm³/mol. The lowest BCUT2D eigenvalue weighted by atomic mass is 9.92. The maximum Gasteiger partial charge on any atom is 0.154 e. The molecule has 1 heterocycles. The van der Waals surface area contributed by atoms with Crippen molar-refractivity contribution < 1.29 is 5.11 Å². The van der Waals surface area contributed by atoms with Gasteiger partial charge < -0.3 is 5.11 Å². The SMILES string of the molecule is OC1(N(Cl)c2ccncn2)CCCCC1. The number of rotatable bonds is 2. The molecule has 0 radical (unpaired) electrons. The van der Waals surface area contributed by atoms with Crippen molar-refractivity contribution in [2.75, 3.05) is 4.42 Å². The van der Waals surface area contributed by atoms with E-state index in [0.717, 1.165) is 19.3 Å². The van der Waals surface area contributed by atoms with Gasteiger partial charge in [0.2, 0.25) is 0 Å². The highest BCUT2D eigenvalue weighted by molar-refractivity contribution is 6.25. The van der Waals surface area contributed by atoms with Crippen molar-refractivity contribution in [3.05, 3.63) is 18.6 Å². The van der Waals surface area contributed by atoms with Crippen LogP contribution >= 0.6 is 11.8 Å². The van der Waals surface area contributed by atoms with Crippen LogP contribution < -0.4 is 4.42 Å². The molecule has 82 valence electrons. The Morgan fingerprint density at radius 1 is 1.33 bits per heavy atom. The highest BCUT2D eigenvalue weighted by atomic mass is 35.5. The number of nitrogens with zero attached hydrogens (tertiary/aromatic N) is 3. The van der Waals surface area contributed by atoms with Gasteiger partial charge in [-0.2, -0.15) is 0 Å². The van der Waals surface area contributed by atoms with Crippen molar-refractivity contribution in [1.29, 1.82) is 0 Å². The lowest BCUT2D eigenvalue weighted by molar-refractivity contribution is 0.0156. The molecule has 1 aliphatic rings. The molecule has 0 spiro atoms. The molecule has 1 saturated carbocycles. The summed E-state index contributed by atoms with van der Waals surface area (Å²) in [6, 6.07) is 1.69. The summed E-state index contributed by atoms with van der Waals surface area (Å²) < 4.78 is 1.34. The molecule has 0 bridgehead atoms. The van der Waals surface area contributed by atoms with Crippen LogP contribution in [-0.4, -0.2) is 20.8 Å². The van der Waals surface area contributed by atoms with E-state index in [-0.39, 0.29) is 0 Å². The van der Waals surface area contributed by atoms with Gasteiger partial charge in [0.05, 0.1) is 0 Å². The summed E-state index contributed by atoms with van der Waals surface area (Å²) in [5, 5.41) is 10.3. The van der Waals surface area contributed by atoms with Gasteiger partial charge in [-0.25, -0.2) is 14.4 Å². The first-order chi connectivity index (χ1) is 7.22. The summed E-state index contributed by atoms with van der Waals surface area (Å²) >= 11 is 6.12. The third kappa shape index (κ3) is 2.21. The van der Waals surface area contributed by atoms with Crippen LogP contribution in [0.25, 0.3) is 0 Å². The van der Waals surface area contributed by atoms with Crippen molar-refractivity contribution in [2.45, 2.75) is 37.8 Å². The van der Waals surface area contributed by atoms with E-state index in [2.05, 4.69) is 9.97 Å². The maximum atomic E-state index is 10.3. The number of hydrogen-bond acceptors (Lipinski definition) is 4.